The van der Waals surface area contributed by atoms with Gasteiger partial charge >= 0.3 is 0 Å². The van der Waals surface area contributed by atoms with E-state index < -0.39 is 0 Å². The molecule has 1 heterocycles. The average molecular weight is 315 g/mol. The first-order valence-electron chi connectivity index (χ1n) is 5.15. The Morgan fingerprint density at radius 3 is 2.82 bits per heavy atom. The number of aromatic nitrogens is 1. The molecule has 0 bridgehead atoms. The summed E-state index contributed by atoms with van der Waals surface area (Å²) in [6.45, 7) is 1.94. The van der Waals surface area contributed by atoms with Gasteiger partial charge in [0.25, 0.3) is 0 Å². The molecule has 90 valence electrons. The van der Waals surface area contributed by atoms with Crippen LogP contribution in [0.1, 0.15) is 22.2 Å². The van der Waals surface area contributed by atoms with Gasteiger partial charge in [0.15, 0.2) is 0 Å². The van der Waals surface area contributed by atoms with Crippen molar-refractivity contribution in [3.63, 3.8) is 0 Å². The van der Waals surface area contributed by atoms with Crippen molar-refractivity contribution in [3.05, 3.63) is 50.1 Å². The van der Waals surface area contributed by atoms with E-state index in [4.69, 9.17) is 0 Å². The van der Waals surface area contributed by atoms with Gasteiger partial charge in [-0.05, 0) is 32.2 Å². The molecule has 0 fully saturated rings. The summed E-state index contributed by atoms with van der Waals surface area (Å²) in [7, 11) is 1.82. The summed E-state index contributed by atoms with van der Waals surface area (Å²) in [6.07, 6.45) is 0. The minimum atomic E-state index is -0.208. The smallest absolute Gasteiger partial charge is 0.128 e. The Kier molecular flexibility index (Phi) is 3.91. The fraction of sp³-hybridized carbons (Fsp3) is 0.250. The first-order chi connectivity index (χ1) is 8.13. The maximum atomic E-state index is 13.9. The first kappa shape index (κ1) is 12.7. The third kappa shape index (κ3) is 2.56. The number of nitrogens with zero attached hydrogens (tertiary/aromatic N) is 1. The van der Waals surface area contributed by atoms with E-state index in [0.29, 0.717) is 5.56 Å². The van der Waals surface area contributed by atoms with E-state index in [9.17, 15) is 4.39 Å². The normalized spacial score (nSPS) is 12.7. The van der Waals surface area contributed by atoms with Crippen LogP contribution in [0.25, 0.3) is 0 Å². The number of hydrogen-bond donors (Lipinski definition) is 1. The zero-order valence-corrected chi connectivity index (χ0v) is 11.9. The summed E-state index contributed by atoms with van der Waals surface area (Å²) in [4.78, 5) is 5.25. The highest BCUT2D eigenvalue weighted by atomic mass is 79.9. The van der Waals surface area contributed by atoms with Gasteiger partial charge in [0, 0.05) is 14.9 Å². The highest BCUT2D eigenvalue weighted by Gasteiger charge is 2.20. The van der Waals surface area contributed by atoms with Crippen molar-refractivity contribution in [1.82, 2.24) is 10.3 Å². The second kappa shape index (κ2) is 5.25. The molecule has 1 N–H and O–H groups in total. The van der Waals surface area contributed by atoms with Gasteiger partial charge in [-0.25, -0.2) is 9.37 Å². The van der Waals surface area contributed by atoms with E-state index in [0.717, 1.165) is 15.0 Å². The molecule has 2 nitrogen and oxygen atoms in total. The fourth-order valence-corrected chi connectivity index (χ4v) is 3.06. The highest BCUT2D eigenvalue weighted by molar-refractivity contribution is 9.10. The Bertz CT molecular complexity index is 527. The molecular weight excluding hydrogens is 303 g/mol. The van der Waals surface area contributed by atoms with E-state index >= 15 is 0 Å². The van der Waals surface area contributed by atoms with Crippen LogP contribution in [-0.2, 0) is 0 Å². The van der Waals surface area contributed by atoms with Crippen molar-refractivity contribution in [2.24, 2.45) is 0 Å². The molecule has 0 aliphatic rings. The lowest BCUT2D eigenvalue weighted by Crippen LogP contribution is -2.18. The molecule has 0 saturated heterocycles. The molecule has 2 aromatic rings. The number of aryl methyl sites for hydroxylation is 1. The zero-order chi connectivity index (χ0) is 12.4. The second-order valence-electron chi connectivity index (χ2n) is 3.69. The lowest BCUT2D eigenvalue weighted by molar-refractivity contribution is 0.577. The molecule has 0 radical (unpaired) electrons. The van der Waals surface area contributed by atoms with Gasteiger partial charge in [-0.3, -0.25) is 0 Å². The molecule has 17 heavy (non-hydrogen) atoms. The Balaban J connectivity index is 2.49. The van der Waals surface area contributed by atoms with Crippen LogP contribution >= 0.6 is 27.3 Å². The average Bonchev–Trinajstić information content (AvgIpc) is 2.71. The van der Waals surface area contributed by atoms with Crippen LogP contribution in [0.5, 0.6) is 0 Å². The Morgan fingerprint density at radius 2 is 2.24 bits per heavy atom. The number of benzene rings is 1. The van der Waals surface area contributed by atoms with Crippen LogP contribution in [0.15, 0.2) is 28.2 Å². The molecule has 5 heteroatoms. The van der Waals surface area contributed by atoms with Crippen LogP contribution in [0.3, 0.4) is 0 Å². The van der Waals surface area contributed by atoms with E-state index in [1.807, 2.05) is 14.0 Å². The molecule has 0 saturated carbocycles. The van der Waals surface area contributed by atoms with Crippen molar-refractivity contribution in [2.45, 2.75) is 13.0 Å². The van der Waals surface area contributed by atoms with Gasteiger partial charge in [-0.2, -0.15) is 0 Å². The number of thiazole rings is 1. The molecule has 0 aliphatic carbocycles. The van der Waals surface area contributed by atoms with E-state index in [2.05, 4.69) is 26.2 Å². The quantitative estimate of drug-likeness (QED) is 0.935. The zero-order valence-electron chi connectivity index (χ0n) is 9.50. The van der Waals surface area contributed by atoms with Crippen LogP contribution in [0, 0.1) is 12.7 Å². The van der Waals surface area contributed by atoms with Gasteiger partial charge in [0.2, 0.25) is 0 Å². The third-order valence-electron chi connectivity index (χ3n) is 2.60. The predicted octanol–water partition coefficient (Wildman–Crippen LogP) is 3.66. The van der Waals surface area contributed by atoms with Crippen LogP contribution < -0.4 is 5.32 Å². The number of halogens is 2. The summed E-state index contributed by atoms with van der Waals surface area (Å²) >= 11 is 4.90. The number of nitrogens with one attached hydrogen (secondary N) is 1. The lowest BCUT2D eigenvalue weighted by Gasteiger charge is -2.16. The van der Waals surface area contributed by atoms with E-state index in [1.54, 1.807) is 17.6 Å². The molecule has 1 unspecified atom stereocenters. The van der Waals surface area contributed by atoms with Gasteiger partial charge in [-0.15, -0.1) is 11.3 Å². The summed E-state index contributed by atoms with van der Waals surface area (Å²) in [5.74, 6) is -0.208. The Labute approximate surface area is 112 Å². The minimum absolute atomic E-state index is 0.153. The molecule has 1 aromatic heterocycles. The van der Waals surface area contributed by atoms with E-state index in [-0.39, 0.29) is 11.9 Å². The van der Waals surface area contributed by atoms with Gasteiger partial charge in [0.1, 0.15) is 5.82 Å². The minimum Gasteiger partial charge on any atom is -0.309 e. The molecule has 1 aromatic carbocycles. The van der Waals surface area contributed by atoms with Crippen molar-refractivity contribution in [1.29, 1.82) is 0 Å². The summed E-state index contributed by atoms with van der Waals surface area (Å²) in [6, 6.07) is 4.82. The van der Waals surface area contributed by atoms with Crippen LogP contribution in [0.2, 0.25) is 0 Å². The molecule has 0 spiro atoms. The van der Waals surface area contributed by atoms with Gasteiger partial charge < -0.3 is 5.32 Å². The molecular formula is C12H12BrFN2S. The van der Waals surface area contributed by atoms with Crippen molar-refractivity contribution in [2.75, 3.05) is 7.05 Å². The number of rotatable bonds is 3. The predicted molar refractivity (Wildman–Crippen MR) is 71.9 cm³/mol. The number of hydrogen-bond acceptors (Lipinski definition) is 3. The topological polar surface area (TPSA) is 24.9 Å². The van der Waals surface area contributed by atoms with Crippen LogP contribution in [0.4, 0.5) is 4.39 Å². The monoisotopic (exact) mass is 314 g/mol. The van der Waals surface area contributed by atoms with E-state index in [1.165, 1.54) is 17.4 Å². The standard InChI is InChI=1S/C12H12BrFN2S/c1-7-12(17-6-16-7)11(15-2)9-5-8(13)3-4-10(9)14/h3-6,11,15H,1-2H3. The van der Waals surface area contributed by atoms with Crippen molar-refractivity contribution < 1.29 is 4.39 Å². The second-order valence-corrected chi connectivity index (χ2v) is 5.49. The molecule has 1 atom stereocenters. The van der Waals surface area contributed by atoms with Crippen LogP contribution in [-0.4, -0.2) is 12.0 Å². The summed E-state index contributed by atoms with van der Waals surface area (Å²) < 4.78 is 14.7. The first-order valence-corrected chi connectivity index (χ1v) is 6.83. The van der Waals surface area contributed by atoms with Crippen molar-refractivity contribution >= 4 is 27.3 Å². The maximum Gasteiger partial charge on any atom is 0.128 e. The molecule has 2 rings (SSSR count). The fourth-order valence-electron chi connectivity index (χ4n) is 1.75. The molecule has 0 aliphatic heterocycles. The lowest BCUT2D eigenvalue weighted by atomic mass is 10.0. The highest BCUT2D eigenvalue weighted by Crippen LogP contribution is 2.30. The summed E-state index contributed by atoms with van der Waals surface area (Å²) in [5, 5.41) is 3.14. The SMILES string of the molecule is CNC(c1cc(Br)ccc1F)c1scnc1C. The molecule has 0 amide bonds. The maximum absolute atomic E-state index is 13.9. The largest absolute Gasteiger partial charge is 0.309 e. The summed E-state index contributed by atoms with van der Waals surface area (Å²) in [5.41, 5.74) is 3.35. The Hall–Kier alpha value is -0.780. The van der Waals surface area contributed by atoms with Crippen molar-refractivity contribution in [3.8, 4) is 0 Å². The third-order valence-corrected chi connectivity index (χ3v) is 4.09. The van der Waals surface area contributed by atoms with Gasteiger partial charge in [0.05, 0.1) is 17.2 Å². The Morgan fingerprint density at radius 1 is 1.47 bits per heavy atom. The van der Waals surface area contributed by atoms with Gasteiger partial charge in [-0.1, -0.05) is 15.9 Å².